The van der Waals surface area contributed by atoms with E-state index in [9.17, 15) is 0 Å². The number of hydrogen-bond acceptors (Lipinski definition) is 0. The summed E-state index contributed by atoms with van der Waals surface area (Å²) in [6, 6.07) is 16.5. The fraction of sp³-hybridized carbons (Fsp3) is 0. The SMILES string of the molecule is Brc1ccc(-n2cc[n+](-c3ccc(Br)cc3)c2)cc1.[Br-]. The molecule has 1 aromatic heterocycles. The van der Waals surface area contributed by atoms with Gasteiger partial charge >= 0.3 is 0 Å². The highest BCUT2D eigenvalue weighted by Gasteiger charge is 2.08. The average molecular weight is 459 g/mol. The van der Waals surface area contributed by atoms with Gasteiger partial charge in [-0.05, 0) is 48.5 Å². The van der Waals surface area contributed by atoms with E-state index in [1.807, 2.05) is 36.7 Å². The van der Waals surface area contributed by atoms with Crippen LogP contribution in [0.1, 0.15) is 0 Å². The van der Waals surface area contributed by atoms with Gasteiger partial charge in [-0.3, -0.25) is 0 Å². The molecule has 0 unspecified atom stereocenters. The van der Waals surface area contributed by atoms with Crippen molar-refractivity contribution in [2.75, 3.05) is 0 Å². The third-order valence-electron chi connectivity index (χ3n) is 2.89. The van der Waals surface area contributed by atoms with Crippen molar-refractivity contribution >= 4 is 31.9 Å². The summed E-state index contributed by atoms with van der Waals surface area (Å²) in [6.45, 7) is 0. The molecule has 3 rings (SSSR count). The summed E-state index contributed by atoms with van der Waals surface area (Å²) in [5.74, 6) is 0. The molecule has 102 valence electrons. The molecule has 20 heavy (non-hydrogen) atoms. The molecule has 1 heterocycles. The highest BCUT2D eigenvalue weighted by atomic mass is 79.9. The van der Waals surface area contributed by atoms with Crippen molar-refractivity contribution in [1.82, 2.24) is 4.57 Å². The quantitative estimate of drug-likeness (QED) is 0.512. The summed E-state index contributed by atoms with van der Waals surface area (Å²) in [6.07, 6.45) is 6.16. The highest BCUT2D eigenvalue weighted by Crippen LogP contribution is 2.14. The van der Waals surface area contributed by atoms with Crippen LogP contribution in [0, 0.1) is 0 Å². The molecule has 0 saturated heterocycles. The van der Waals surface area contributed by atoms with Gasteiger partial charge in [0.1, 0.15) is 23.8 Å². The minimum Gasteiger partial charge on any atom is -1.00 e. The molecule has 0 saturated carbocycles. The van der Waals surface area contributed by atoms with Gasteiger partial charge in [0.15, 0.2) is 0 Å². The van der Waals surface area contributed by atoms with E-state index in [-0.39, 0.29) is 17.0 Å². The molecule has 5 heteroatoms. The van der Waals surface area contributed by atoms with Crippen molar-refractivity contribution < 1.29 is 21.5 Å². The van der Waals surface area contributed by atoms with Crippen LogP contribution in [0.5, 0.6) is 0 Å². The molecule has 2 nitrogen and oxygen atoms in total. The van der Waals surface area contributed by atoms with Crippen LogP contribution in [0.25, 0.3) is 11.4 Å². The molecule has 0 bridgehead atoms. The van der Waals surface area contributed by atoms with Crippen LogP contribution >= 0.6 is 31.9 Å². The number of hydrogen-bond donors (Lipinski definition) is 0. The van der Waals surface area contributed by atoms with E-state index in [4.69, 9.17) is 0 Å². The minimum absolute atomic E-state index is 0. The first-order valence-electron chi connectivity index (χ1n) is 5.83. The first-order chi connectivity index (χ1) is 9.22. The van der Waals surface area contributed by atoms with E-state index in [1.165, 1.54) is 0 Å². The maximum atomic E-state index is 3.45. The summed E-state index contributed by atoms with van der Waals surface area (Å²) in [5.41, 5.74) is 2.28. The van der Waals surface area contributed by atoms with Gasteiger partial charge in [0.05, 0.1) is 0 Å². The molecule has 0 aliphatic carbocycles. The Morgan fingerprint density at radius 3 is 1.95 bits per heavy atom. The fourth-order valence-corrected chi connectivity index (χ4v) is 2.42. The lowest BCUT2D eigenvalue weighted by Crippen LogP contribution is -3.00. The zero-order chi connectivity index (χ0) is 13.2. The van der Waals surface area contributed by atoms with Gasteiger partial charge in [-0.2, -0.15) is 0 Å². The monoisotopic (exact) mass is 456 g/mol. The summed E-state index contributed by atoms with van der Waals surface area (Å²) < 4.78 is 6.36. The number of rotatable bonds is 2. The first-order valence-corrected chi connectivity index (χ1v) is 7.42. The maximum Gasteiger partial charge on any atom is 0.254 e. The maximum absolute atomic E-state index is 3.45. The second kappa shape index (κ2) is 6.70. The molecule has 0 N–H and O–H groups in total. The van der Waals surface area contributed by atoms with Gasteiger partial charge in [-0.15, -0.1) is 0 Å². The van der Waals surface area contributed by atoms with Crippen LogP contribution in [-0.2, 0) is 0 Å². The van der Waals surface area contributed by atoms with E-state index in [0.717, 1.165) is 20.3 Å². The molecule has 0 aliphatic rings. The molecular weight excluding hydrogens is 448 g/mol. The first kappa shape index (κ1) is 15.5. The van der Waals surface area contributed by atoms with Gasteiger partial charge in [-0.25, -0.2) is 9.13 Å². The van der Waals surface area contributed by atoms with Gasteiger partial charge < -0.3 is 17.0 Å². The largest absolute Gasteiger partial charge is 1.00 e. The predicted octanol–water partition coefficient (Wildman–Crippen LogP) is 1.28. The zero-order valence-corrected chi connectivity index (χ0v) is 15.1. The standard InChI is InChI=1S/C15H11Br2N2.BrH/c16-12-1-5-14(6-2-12)18-9-10-19(11-18)15-7-3-13(17)4-8-15;/h1-11H;1H/q+1;/p-1. The van der Waals surface area contributed by atoms with Crippen molar-refractivity contribution in [3.05, 3.63) is 76.2 Å². The van der Waals surface area contributed by atoms with Crippen LogP contribution in [0.4, 0.5) is 0 Å². The number of benzene rings is 2. The number of halogens is 3. The third-order valence-corrected chi connectivity index (χ3v) is 3.94. The van der Waals surface area contributed by atoms with Crippen LogP contribution in [0.15, 0.2) is 76.2 Å². The van der Waals surface area contributed by atoms with Crippen LogP contribution in [0.3, 0.4) is 0 Å². The lowest BCUT2D eigenvalue weighted by molar-refractivity contribution is -0.594. The number of aromatic nitrogens is 2. The molecule has 0 fully saturated rings. The Morgan fingerprint density at radius 1 is 0.800 bits per heavy atom. The summed E-state index contributed by atoms with van der Waals surface area (Å²) in [4.78, 5) is 0. The van der Waals surface area contributed by atoms with Crippen molar-refractivity contribution in [1.29, 1.82) is 0 Å². The summed E-state index contributed by atoms with van der Waals surface area (Å²) in [7, 11) is 0. The molecule has 0 aliphatic heterocycles. The van der Waals surface area contributed by atoms with Gasteiger partial charge in [0.25, 0.3) is 6.33 Å². The van der Waals surface area contributed by atoms with Gasteiger partial charge in [0, 0.05) is 8.95 Å². The van der Waals surface area contributed by atoms with E-state index in [2.05, 4.69) is 71.6 Å². The van der Waals surface area contributed by atoms with Gasteiger partial charge in [0.2, 0.25) is 0 Å². The minimum atomic E-state index is 0. The Labute approximate surface area is 145 Å². The molecule has 2 aromatic carbocycles. The van der Waals surface area contributed by atoms with Crippen molar-refractivity contribution in [2.45, 2.75) is 0 Å². The lowest BCUT2D eigenvalue weighted by atomic mass is 10.3. The average Bonchev–Trinajstić information content (AvgIpc) is 2.90. The van der Waals surface area contributed by atoms with Crippen molar-refractivity contribution in [3.8, 4) is 11.4 Å². The molecule has 0 spiro atoms. The zero-order valence-electron chi connectivity index (χ0n) is 10.4. The molecular formula is C15H11Br3N2. The van der Waals surface area contributed by atoms with Crippen LogP contribution in [0.2, 0.25) is 0 Å². The van der Waals surface area contributed by atoms with Crippen molar-refractivity contribution in [2.24, 2.45) is 0 Å². The Hall–Kier alpha value is -0.910. The second-order valence-electron chi connectivity index (χ2n) is 4.18. The van der Waals surface area contributed by atoms with E-state index in [1.54, 1.807) is 0 Å². The molecule has 0 radical (unpaired) electrons. The Kier molecular flexibility index (Phi) is 5.18. The number of nitrogens with zero attached hydrogens (tertiary/aromatic N) is 2. The Morgan fingerprint density at radius 2 is 1.35 bits per heavy atom. The summed E-state index contributed by atoms with van der Waals surface area (Å²) in [5, 5.41) is 0. The third kappa shape index (κ3) is 3.40. The van der Waals surface area contributed by atoms with Crippen LogP contribution < -0.4 is 21.5 Å². The highest BCUT2D eigenvalue weighted by molar-refractivity contribution is 9.10. The molecule has 3 aromatic rings. The van der Waals surface area contributed by atoms with Crippen molar-refractivity contribution in [3.63, 3.8) is 0 Å². The Bertz CT molecular complexity index is 628. The van der Waals surface area contributed by atoms with E-state index in [0.29, 0.717) is 0 Å². The normalized spacial score (nSPS) is 10.1. The molecule has 0 atom stereocenters. The lowest BCUT2D eigenvalue weighted by Gasteiger charge is -1.97. The predicted molar refractivity (Wildman–Crippen MR) is 82.7 cm³/mol. The molecule has 0 amide bonds. The van der Waals surface area contributed by atoms with Crippen LogP contribution in [-0.4, -0.2) is 4.57 Å². The summed E-state index contributed by atoms with van der Waals surface area (Å²) >= 11 is 6.90. The Balaban J connectivity index is 0.00000147. The fourth-order valence-electron chi connectivity index (χ4n) is 1.89. The number of imidazole rings is 1. The second-order valence-corrected chi connectivity index (χ2v) is 6.01. The van der Waals surface area contributed by atoms with Gasteiger partial charge in [-0.1, -0.05) is 31.9 Å². The topological polar surface area (TPSA) is 8.81 Å². The van der Waals surface area contributed by atoms with E-state index >= 15 is 0 Å². The smallest absolute Gasteiger partial charge is 0.254 e. The van der Waals surface area contributed by atoms with E-state index < -0.39 is 0 Å².